The molecule has 0 spiro atoms. The first-order valence-corrected chi connectivity index (χ1v) is 8.61. The lowest BCUT2D eigenvalue weighted by molar-refractivity contribution is 0.338. The number of nitrogens with zero attached hydrogens (tertiary/aromatic N) is 2. The van der Waals surface area contributed by atoms with Crippen molar-refractivity contribution in [3.05, 3.63) is 40.0 Å². The molecule has 0 aliphatic rings. The molecule has 118 valence electrons. The summed E-state index contributed by atoms with van der Waals surface area (Å²) in [7, 11) is 0. The maximum atomic E-state index is 6.33. The topological polar surface area (TPSA) is 61.0 Å². The maximum Gasteiger partial charge on any atom is 0.203 e. The molecule has 1 aromatic carbocycles. The molecular weight excluding hydrogens is 350 g/mol. The first-order valence-electron chi connectivity index (χ1n) is 7.01. The minimum atomic E-state index is 0.396. The van der Waals surface area contributed by atoms with E-state index in [0.717, 1.165) is 26.4 Å². The van der Waals surface area contributed by atoms with E-state index in [1.165, 1.54) is 11.3 Å². The zero-order chi connectivity index (χ0) is 16.6. The van der Waals surface area contributed by atoms with Crippen molar-refractivity contribution in [2.45, 2.75) is 13.8 Å². The number of benzene rings is 1. The molecule has 0 atom stereocenters. The summed E-state index contributed by atoms with van der Waals surface area (Å²) in [6.45, 7) is 4.25. The summed E-state index contributed by atoms with van der Waals surface area (Å²) < 4.78 is 5.43. The second-order valence-corrected chi connectivity index (χ2v) is 6.68. The molecule has 2 N–H and O–H groups in total. The van der Waals surface area contributed by atoms with Crippen molar-refractivity contribution in [3.63, 3.8) is 0 Å². The Balaban J connectivity index is 2.25. The Morgan fingerprint density at radius 1 is 1.30 bits per heavy atom. The summed E-state index contributed by atoms with van der Waals surface area (Å²) in [6.07, 6.45) is 0. The van der Waals surface area contributed by atoms with Crippen LogP contribution in [0, 0.1) is 6.92 Å². The predicted octanol–water partition coefficient (Wildman–Crippen LogP) is 4.61. The second kappa shape index (κ2) is 6.39. The average Bonchev–Trinajstić information content (AvgIpc) is 2.84. The quantitative estimate of drug-likeness (QED) is 0.688. The fourth-order valence-electron chi connectivity index (χ4n) is 2.29. The Bertz CT molecular complexity index is 890. The molecule has 2 aromatic heterocycles. The van der Waals surface area contributed by atoms with Crippen LogP contribution < -0.4 is 5.73 Å². The summed E-state index contributed by atoms with van der Waals surface area (Å²) in [5.74, 6) is 0.678. The lowest BCUT2D eigenvalue weighted by Gasteiger charge is -2.06. The third kappa shape index (κ3) is 3.02. The zero-order valence-electron chi connectivity index (χ0n) is 12.6. The van der Waals surface area contributed by atoms with Gasteiger partial charge in [0.2, 0.25) is 5.05 Å². The fraction of sp³-hybridized carbons (Fsp3) is 0.188. The highest BCUT2D eigenvalue weighted by Gasteiger charge is 2.20. The Hall–Kier alpha value is -1.76. The van der Waals surface area contributed by atoms with Crippen LogP contribution in [-0.2, 0) is 4.74 Å². The fourth-order valence-corrected chi connectivity index (χ4v) is 3.81. The first-order chi connectivity index (χ1) is 11.0. The van der Waals surface area contributed by atoms with Gasteiger partial charge in [-0.05, 0) is 38.2 Å². The first kappa shape index (κ1) is 16.1. The van der Waals surface area contributed by atoms with Crippen molar-refractivity contribution < 1.29 is 4.74 Å². The molecule has 0 radical (unpaired) electrons. The summed E-state index contributed by atoms with van der Waals surface area (Å²) in [6, 6.07) is 7.49. The molecule has 0 aliphatic heterocycles. The Kier molecular flexibility index (Phi) is 4.48. The predicted molar refractivity (Wildman–Crippen MR) is 100 cm³/mol. The smallest absolute Gasteiger partial charge is 0.203 e. The van der Waals surface area contributed by atoms with Gasteiger partial charge in [-0.15, -0.1) is 11.3 Å². The number of nitrogen functional groups attached to an aromatic ring is 1. The number of rotatable bonds is 3. The van der Waals surface area contributed by atoms with Gasteiger partial charge in [0.1, 0.15) is 15.5 Å². The van der Waals surface area contributed by atoms with Gasteiger partial charge in [0.15, 0.2) is 0 Å². The van der Waals surface area contributed by atoms with Gasteiger partial charge in [-0.3, -0.25) is 0 Å². The average molecular weight is 364 g/mol. The van der Waals surface area contributed by atoms with Crippen molar-refractivity contribution in [2.75, 3.05) is 12.3 Å². The van der Waals surface area contributed by atoms with Gasteiger partial charge in [-0.1, -0.05) is 23.7 Å². The number of thiophene rings is 1. The van der Waals surface area contributed by atoms with Crippen molar-refractivity contribution in [1.29, 1.82) is 0 Å². The standard InChI is InChI=1S/C16H14ClN3OS2/c1-3-21-16(22)14-12(18)11-13(9-4-6-10(17)7-5-9)19-8(2)20-15(11)23-14/h4-7H,3,18H2,1-2H3. The number of fused-ring (bicyclic) bond motifs is 1. The molecule has 23 heavy (non-hydrogen) atoms. The van der Waals surface area contributed by atoms with E-state index in [2.05, 4.69) is 9.97 Å². The lowest BCUT2D eigenvalue weighted by atomic mass is 10.1. The van der Waals surface area contributed by atoms with Crippen LogP contribution in [0.4, 0.5) is 5.69 Å². The highest BCUT2D eigenvalue weighted by molar-refractivity contribution is 7.81. The SMILES string of the molecule is CCOC(=S)c1sc2nc(C)nc(-c3ccc(Cl)cc3)c2c1N. The third-order valence-corrected chi connectivity index (χ3v) is 5.08. The number of hydrogen-bond donors (Lipinski definition) is 1. The third-order valence-electron chi connectivity index (χ3n) is 3.28. The number of ether oxygens (including phenoxy) is 1. The van der Waals surface area contributed by atoms with Crippen LogP contribution in [-0.4, -0.2) is 21.6 Å². The molecule has 3 aromatic rings. The summed E-state index contributed by atoms with van der Waals surface area (Å²) in [5.41, 5.74) is 8.60. The van der Waals surface area contributed by atoms with Crippen LogP contribution in [0.3, 0.4) is 0 Å². The van der Waals surface area contributed by atoms with Crippen LogP contribution in [0.1, 0.15) is 17.6 Å². The van der Waals surface area contributed by atoms with Crippen molar-refractivity contribution in [2.24, 2.45) is 0 Å². The number of hydrogen-bond acceptors (Lipinski definition) is 6. The Morgan fingerprint density at radius 2 is 2.00 bits per heavy atom. The van der Waals surface area contributed by atoms with Crippen molar-refractivity contribution >= 4 is 56.1 Å². The second-order valence-electron chi connectivity index (χ2n) is 4.87. The molecule has 4 nitrogen and oxygen atoms in total. The summed E-state index contributed by atoms with van der Waals surface area (Å²) >= 11 is 12.7. The maximum absolute atomic E-state index is 6.33. The van der Waals surface area contributed by atoms with E-state index in [1.807, 2.05) is 38.1 Å². The minimum Gasteiger partial charge on any atom is -0.483 e. The van der Waals surface area contributed by atoms with Crippen LogP contribution in [0.15, 0.2) is 24.3 Å². The van der Waals surface area contributed by atoms with E-state index >= 15 is 0 Å². The van der Waals surface area contributed by atoms with Gasteiger partial charge in [0.05, 0.1) is 23.4 Å². The molecule has 3 rings (SSSR count). The van der Waals surface area contributed by atoms with Gasteiger partial charge in [0.25, 0.3) is 0 Å². The summed E-state index contributed by atoms with van der Waals surface area (Å²) in [4.78, 5) is 10.6. The van der Waals surface area contributed by atoms with Crippen LogP contribution in [0.25, 0.3) is 21.5 Å². The molecule has 0 amide bonds. The monoisotopic (exact) mass is 363 g/mol. The molecular formula is C16H14ClN3OS2. The zero-order valence-corrected chi connectivity index (χ0v) is 15.0. The Morgan fingerprint density at radius 3 is 2.65 bits per heavy atom. The van der Waals surface area contributed by atoms with Crippen LogP contribution >= 0.6 is 35.2 Å². The van der Waals surface area contributed by atoms with E-state index < -0.39 is 0 Å². The van der Waals surface area contributed by atoms with E-state index in [1.54, 1.807) is 0 Å². The normalized spacial score (nSPS) is 10.9. The largest absolute Gasteiger partial charge is 0.483 e. The van der Waals surface area contributed by atoms with Crippen LogP contribution in [0.2, 0.25) is 5.02 Å². The number of halogens is 1. The van der Waals surface area contributed by atoms with E-state index in [4.69, 9.17) is 34.3 Å². The highest BCUT2D eigenvalue weighted by atomic mass is 35.5. The molecule has 0 bridgehead atoms. The molecule has 0 aliphatic carbocycles. The van der Waals surface area contributed by atoms with E-state index in [9.17, 15) is 0 Å². The number of aryl methyl sites for hydroxylation is 1. The molecule has 0 fully saturated rings. The van der Waals surface area contributed by atoms with Gasteiger partial charge in [0, 0.05) is 10.6 Å². The number of thiocarbonyl (C=S) groups is 1. The highest BCUT2D eigenvalue weighted by Crippen LogP contribution is 2.39. The van der Waals surface area contributed by atoms with Gasteiger partial charge < -0.3 is 10.5 Å². The van der Waals surface area contributed by atoms with Crippen molar-refractivity contribution in [1.82, 2.24) is 9.97 Å². The molecule has 0 saturated carbocycles. The van der Waals surface area contributed by atoms with Gasteiger partial charge >= 0.3 is 0 Å². The van der Waals surface area contributed by atoms with Crippen LogP contribution in [0.5, 0.6) is 0 Å². The molecule has 2 heterocycles. The minimum absolute atomic E-state index is 0.396. The number of nitrogens with two attached hydrogens (primary N) is 1. The number of aromatic nitrogens is 2. The van der Waals surface area contributed by atoms with Gasteiger partial charge in [-0.2, -0.15) is 0 Å². The Labute approximate surface area is 148 Å². The van der Waals surface area contributed by atoms with E-state index in [-0.39, 0.29) is 0 Å². The number of anilines is 1. The molecule has 7 heteroatoms. The lowest BCUT2D eigenvalue weighted by Crippen LogP contribution is -2.03. The van der Waals surface area contributed by atoms with Gasteiger partial charge in [-0.25, -0.2) is 9.97 Å². The summed E-state index contributed by atoms with van der Waals surface area (Å²) in [5, 5.41) is 1.87. The molecule has 0 saturated heterocycles. The molecule has 0 unspecified atom stereocenters. The van der Waals surface area contributed by atoms with Crippen molar-refractivity contribution in [3.8, 4) is 11.3 Å². The van der Waals surface area contributed by atoms with E-state index in [0.29, 0.717) is 28.2 Å².